The molecule has 4 rings (SSSR count). The van der Waals surface area contributed by atoms with E-state index in [4.69, 9.17) is 16.3 Å². The zero-order valence-electron chi connectivity index (χ0n) is 17.8. The van der Waals surface area contributed by atoms with Crippen molar-refractivity contribution in [2.24, 2.45) is 4.99 Å². The molecule has 9 heteroatoms. The number of hydrogen-bond donors (Lipinski definition) is 1. The van der Waals surface area contributed by atoms with Crippen LogP contribution in [0.2, 0.25) is 5.02 Å². The summed E-state index contributed by atoms with van der Waals surface area (Å²) >= 11 is 6.67. The van der Waals surface area contributed by atoms with Crippen molar-refractivity contribution in [3.05, 3.63) is 98.9 Å². The van der Waals surface area contributed by atoms with E-state index in [-0.39, 0.29) is 15.9 Å². The summed E-state index contributed by atoms with van der Waals surface area (Å²) in [6, 6.07) is 18.5. The highest BCUT2D eigenvalue weighted by atomic mass is 35.5. The molecule has 1 N–H and O–H groups in total. The zero-order valence-corrected chi connectivity index (χ0v) is 19.4. The van der Waals surface area contributed by atoms with Crippen LogP contribution in [-0.4, -0.2) is 11.1 Å². The molecule has 0 aliphatic carbocycles. The number of amides is 1. The second kappa shape index (κ2) is 9.95. The summed E-state index contributed by atoms with van der Waals surface area (Å²) in [5.41, 5.74) is 1.68. The number of hydrogen-bond acceptors (Lipinski definition) is 4. The van der Waals surface area contributed by atoms with E-state index in [9.17, 15) is 18.0 Å². The van der Waals surface area contributed by atoms with Crippen LogP contribution in [0, 0.1) is 6.92 Å². The topological polar surface area (TPSA) is 50.7 Å². The lowest BCUT2D eigenvalue weighted by molar-refractivity contribution is -0.137. The summed E-state index contributed by atoms with van der Waals surface area (Å²) in [5.74, 6) is 0.238. The minimum absolute atomic E-state index is 0.0498. The number of nitrogens with zero attached hydrogens (tertiary/aromatic N) is 1. The number of benzene rings is 3. The molecule has 1 fully saturated rings. The van der Waals surface area contributed by atoms with Crippen molar-refractivity contribution in [3.63, 3.8) is 0 Å². The van der Waals surface area contributed by atoms with Gasteiger partial charge >= 0.3 is 6.18 Å². The fourth-order valence-corrected chi connectivity index (χ4v) is 4.09. The Bertz CT molecular complexity index is 1270. The molecule has 0 aromatic heterocycles. The number of alkyl halides is 3. The van der Waals surface area contributed by atoms with Crippen molar-refractivity contribution in [3.8, 4) is 5.75 Å². The zero-order chi connectivity index (χ0) is 24.3. The number of rotatable bonds is 5. The second-order valence-corrected chi connectivity index (χ2v) is 8.95. The third kappa shape index (κ3) is 6.01. The van der Waals surface area contributed by atoms with Crippen molar-refractivity contribution >= 4 is 46.2 Å². The van der Waals surface area contributed by atoms with Crippen molar-refractivity contribution in [2.75, 3.05) is 0 Å². The summed E-state index contributed by atoms with van der Waals surface area (Å²) in [6.07, 6.45) is -2.99. The molecule has 0 bridgehead atoms. The Hall–Kier alpha value is -3.23. The number of ether oxygens (including phenoxy) is 1. The summed E-state index contributed by atoms with van der Waals surface area (Å²) < 4.78 is 45.7. The van der Waals surface area contributed by atoms with Gasteiger partial charge in [0.25, 0.3) is 5.91 Å². The van der Waals surface area contributed by atoms with Crippen LogP contribution in [0.3, 0.4) is 0 Å². The lowest BCUT2D eigenvalue weighted by Gasteiger charge is -2.10. The molecular formula is C25H18ClF3N2O2S. The minimum atomic E-state index is -4.63. The van der Waals surface area contributed by atoms with Crippen LogP contribution in [0.15, 0.2) is 76.6 Å². The molecule has 1 amide bonds. The van der Waals surface area contributed by atoms with Gasteiger partial charge in [0.05, 0.1) is 16.2 Å². The highest BCUT2D eigenvalue weighted by Crippen LogP contribution is 2.39. The van der Waals surface area contributed by atoms with Crippen molar-refractivity contribution in [2.45, 2.75) is 19.7 Å². The maximum absolute atomic E-state index is 13.3. The predicted octanol–water partition coefficient (Wildman–Crippen LogP) is 7.14. The van der Waals surface area contributed by atoms with Gasteiger partial charge in [0, 0.05) is 5.02 Å². The number of nitrogens with one attached hydrogen (secondary N) is 1. The summed E-state index contributed by atoms with van der Waals surface area (Å²) in [7, 11) is 0. The molecule has 34 heavy (non-hydrogen) atoms. The number of carbonyl (C=O) groups is 1. The predicted molar refractivity (Wildman–Crippen MR) is 129 cm³/mol. The van der Waals surface area contributed by atoms with Gasteiger partial charge in [-0.05, 0) is 66.2 Å². The maximum Gasteiger partial charge on any atom is 0.418 e. The van der Waals surface area contributed by atoms with E-state index < -0.39 is 17.6 Å². The van der Waals surface area contributed by atoms with Crippen LogP contribution in [0.4, 0.5) is 18.9 Å². The van der Waals surface area contributed by atoms with Crippen molar-refractivity contribution in [1.82, 2.24) is 5.32 Å². The van der Waals surface area contributed by atoms with Gasteiger partial charge in [-0.3, -0.25) is 4.79 Å². The van der Waals surface area contributed by atoms with Gasteiger partial charge in [-0.2, -0.15) is 13.2 Å². The summed E-state index contributed by atoms with van der Waals surface area (Å²) in [5, 5.41) is 2.51. The van der Waals surface area contributed by atoms with Crippen LogP contribution in [0.5, 0.6) is 5.75 Å². The number of amidine groups is 1. The minimum Gasteiger partial charge on any atom is -0.489 e. The van der Waals surface area contributed by atoms with Gasteiger partial charge in [-0.15, -0.1) is 0 Å². The average Bonchev–Trinajstić information content (AvgIpc) is 3.13. The molecule has 174 valence electrons. The van der Waals surface area contributed by atoms with E-state index in [1.807, 2.05) is 31.2 Å². The highest BCUT2D eigenvalue weighted by molar-refractivity contribution is 8.18. The van der Waals surface area contributed by atoms with Crippen molar-refractivity contribution < 1.29 is 22.7 Å². The van der Waals surface area contributed by atoms with E-state index in [0.29, 0.717) is 17.3 Å². The van der Waals surface area contributed by atoms with Gasteiger partial charge in [0.2, 0.25) is 0 Å². The summed E-state index contributed by atoms with van der Waals surface area (Å²) in [4.78, 5) is 16.6. The first kappa shape index (κ1) is 23.9. The van der Waals surface area contributed by atoms with Gasteiger partial charge in [0.15, 0.2) is 5.17 Å². The lowest BCUT2D eigenvalue weighted by atomic mass is 10.1. The molecule has 3 aromatic carbocycles. The third-order valence-corrected chi connectivity index (χ3v) is 5.99. The normalized spacial score (nSPS) is 16.2. The van der Waals surface area contributed by atoms with Crippen LogP contribution in [0.1, 0.15) is 22.3 Å². The Labute approximate surface area is 203 Å². The van der Waals surface area contributed by atoms with E-state index in [1.165, 1.54) is 17.7 Å². The van der Waals surface area contributed by atoms with Gasteiger partial charge in [-0.1, -0.05) is 53.6 Å². The van der Waals surface area contributed by atoms with Crippen LogP contribution in [-0.2, 0) is 17.6 Å². The van der Waals surface area contributed by atoms with Crippen LogP contribution in [0.25, 0.3) is 6.08 Å². The third-order valence-electron chi connectivity index (χ3n) is 4.84. The van der Waals surface area contributed by atoms with Gasteiger partial charge in [0.1, 0.15) is 12.4 Å². The number of thioether (sulfide) groups is 1. The molecule has 0 atom stereocenters. The summed E-state index contributed by atoms with van der Waals surface area (Å²) in [6.45, 7) is 2.45. The quantitative estimate of drug-likeness (QED) is 0.377. The number of carbonyl (C=O) groups excluding carboxylic acids is 1. The van der Waals surface area contributed by atoms with E-state index in [2.05, 4.69) is 10.3 Å². The fourth-order valence-electron chi connectivity index (χ4n) is 3.09. The van der Waals surface area contributed by atoms with Crippen LogP contribution >= 0.6 is 23.4 Å². The van der Waals surface area contributed by atoms with E-state index >= 15 is 0 Å². The first-order valence-corrected chi connectivity index (χ1v) is 11.3. The maximum atomic E-state index is 13.3. The fraction of sp³-hybridized carbons (Fsp3) is 0.120. The number of aryl methyl sites for hydroxylation is 1. The molecule has 4 nitrogen and oxygen atoms in total. The molecular weight excluding hydrogens is 485 g/mol. The van der Waals surface area contributed by atoms with Crippen LogP contribution < -0.4 is 10.1 Å². The number of aliphatic imine (C=N–C) groups is 1. The first-order valence-electron chi connectivity index (χ1n) is 10.1. The average molecular weight is 503 g/mol. The van der Waals surface area contributed by atoms with Gasteiger partial charge in [-0.25, -0.2) is 4.99 Å². The molecule has 0 spiro atoms. The molecule has 0 unspecified atom stereocenters. The Kier molecular flexibility index (Phi) is 7.00. The largest absolute Gasteiger partial charge is 0.489 e. The molecule has 1 saturated heterocycles. The standard InChI is InChI=1S/C25H18ClF3N2O2S/c1-15-2-4-17(5-3-15)14-33-19-9-6-16(7-10-19)12-22-23(32)31-24(34-22)30-21-11-8-18(26)13-20(21)25(27,28)29/h2-13H,14H2,1H3,(H,30,31,32)/b22-12-. The molecule has 3 aromatic rings. The number of halogens is 4. The Balaban J connectivity index is 1.45. The highest BCUT2D eigenvalue weighted by Gasteiger charge is 2.34. The van der Waals surface area contributed by atoms with E-state index in [1.54, 1.807) is 30.3 Å². The Morgan fingerprint density at radius 2 is 1.76 bits per heavy atom. The monoisotopic (exact) mass is 502 g/mol. The molecule has 0 saturated carbocycles. The first-order chi connectivity index (χ1) is 16.2. The van der Waals surface area contributed by atoms with Crippen molar-refractivity contribution in [1.29, 1.82) is 0 Å². The molecule has 1 aliphatic heterocycles. The Morgan fingerprint density at radius 1 is 1.06 bits per heavy atom. The second-order valence-electron chi connectivity index (χ2n) is 7.48. The smallest absolute Gasteiger partial charge is 0.418 e. The molecule has 1 heterocycles. The SMILES string of the molecule is Cc1ccc(COc2ccc(/C=C3\SC(=Nc4ccc(Cl)cc4C(F)(F)F)NC3=O)cc2)cc1. The Morgan fingerprint density at radius 3 is 2.44 bits per heavy atom. The molecule has 0 radical (unpaired) electrons. The molecule has 1 aliphatic rings. The lowest BCUT2D eigenvalue weighted by Crippen LogP contribution is -2.19. The van der Waals surface area contributed by atoms with Gasteiger partial charge < -0.3 is 10.1 Å². The van der Waals surface area contributed by atoms with E-state index in [0.717, 1.165) is 29.0 Å².